The van der Waals surface area contributed by atoms with E-state index in [1.54, 1.807) is 0 Å². The molecule has 10 heteroatoms. The highest BCUT2D eigenvalue weighted by molar-refractivity contribution is 5.79. The van der Waals surface area contributed by atoms with Gasteiger partial charge in [-0.05, 0) is 43.0 Å². The summed E-state index contributed by atoms with van der Waals surface area (Å²) >= 11 is 0. The normalized spacial score (nSPS) is 22.7. The zero-order valence-electron chi connectivity index (χ0n) is 13.1. The number of nitro groups is 1. The van der Waals surface area contributed by atoms with Gasteiger partial charge in [0.25, 0.3) is 0 Å². The first-order valence-corrected chi connectivity index (χ1v) is 7.67. The van der Waals surface area contributed by atoms with Gasteiger partial charge in [0.1, 0.15) is 12.0 Å². The van der Waals surface area contributed by atoms with Crippen molar-refractivity contribution in [2.24, 2.45) is 16.6 Å². The number of nitrogens with zero attached hydrogens (tertiary/aromatic N) is 2. The van der Waals surface area contributed by atoms with E-state index in [2.05, 4.69) is 20.4 Å². The lowest BCUT2D eigenvalue weighted by Gasteiger charge is -2.31. The second kappa shape index (κ2) is 6.63. The van der Waals surface area contributed by atoms with E-state index in [4.69, 9.17) is 5.73 Å². The van der Waals surface area contributed by atoms with Crippen molar-refractivity contribution < 1.29 is 18.4 Å². The molecule has 0 saturated heterocycles. The summed E-state index contributed by atoms with van der Waals surface area (Å²) in [5, 5.41) is 16.9. The smallest absolute Gasteiger partial charge is 0.387 e. The zero-order valence-corrected chi connectivity index (χ0v) is 13.1. The third-order valence-electron chi connectivity index (χ3n) is 3.86. The van der Waals surface area contributed by atoms with E-state index < -0.39 is 17.3 Å². The molecule has 8 nitrogen and oxygen atoms in total. The number of benzene rings is 1. The molecule has 4 N–H and O–H groups in total. The van der Waals surface area contributed by atoms with Gasteiger partial charge in [0.05, 0.1) is 4.92 Å². The van der Waals surface area contributed by atoms with Crippen LogP contribution in [0.3, 0.4) is 0 Å². The molecule has 0 aromatic heterocycles. The van der Waals surface area contributed by atoms with Crippen molar-refractivity contribution in [1.29, 1.82) is 0 Å². The number of hydrogen-bond donors (Lipinski definition) is 3. The SMILES string of the molecule is NC1(CC2CC2)N=CC([N+](=O)[O-])=C(Nc2ccc(OC(F)F)cc2)N1. The molecule has 1 aromatic carbocycles. The number of allylic oxidation sites excluding steroid dienone is 1. The highest BCUT2D eigenvalue weighted by Gasteiger charge is 2.38. The van der Waals surface area contributed by atoms with Crippen molar-refractivity contribution in [2.45, 2.75) is 31.7 Å². The van der Waals surface area contributed by atoms with E-state index in [0.717, 1.165) is 19.1 Å². The molecule has 134 valence electrons. The molecule has 3 rings (SSSR count). The maximum atomic E-state index is 12.2. The van der Waals surface area contributed by atoms with Crippen LogP contribution in [-0.2, 0) is 0 Å². The molecule has 1 aromatic rings. The molecular formula is C15H17F2N5O3. The lowest BCUT2D eigenvalue weighted by molar-refractivity contribution is -0.416. The molecular weight excluding hydrogens is 336 g/mol. The Kier molecular flexibility index (Phi) is 4.53. The number of halogens is 2. The summed E-state index contributed by atoms with van der Waals surface area (Å²) in [7, 11) is 0. The van der Waals surface area contributed by atoms with Gasteiger partial charge in [-0.1, -0.05) is 0 Å². The summed E-state index contributed by atoms with van der Waals surface area (Å²) in [5.41, 5.74) is 6.37. The van der Waals surface area contributed by atoms with Gasteiger partial charge in [0.15, 0.2) is 11.6 Å². The Balaban J connectivity index is 1.76. The van der Waals surface area contributed by atoms with E-state index in [-0.39, 0.29) is 17.3 Å². The van der Waals surface area contributed by atoms with Crippen LogP contribution < -0.4 is 21.1 Å². The van der Waals surface area contributed by atoms with Crippen LogP contribution in [0.4, 0.5) is 14.5 Å². The molecule has 2 aliphatic rings. The molecule has 0 bridgehead atoms. The molecule has 0 amide bonds. The molecule has 1 aliphatic heterocycles. The van der Waals surface area contributed by atoms with Crippen LogP contribution in [-0.4, -0.2) is 23.5 Å². The Hall–Kier alpha value is -2.75. The van der Waals surface area contributed by atoms with Gasteiger partial charge in [0.2, 0.25) is 0 Å². The number of ether oxygens (including phenoxy) is 1. The van der Waals surface area contributed by atoms with Gasteiger partial charge in [-0.15, -0.1) is 0 Å². The molecule has 0 spiro atoms. The number of nitrogens with two attached hydrogens (primary N) is 1. The van der Waals surface area contributed by atoms with Crippen molar-refractivity contribution in [3.05, 3.63) is 45.9 Å². The lowest BCUT2D eigenvalue weighted by atomic mass is 10.1. The number of rotatable bonds is 7. The van der Waals surface area contributed by atoms with Crippen molar-refractivity contribution in [3.63, 3.8) is 0 Å². The highest BCUT2D eigenvalue weighted by atomic mass is 19.3. The lowest BCUT2D eigenvalue weighted by Crippen LogP contribution is -2.55. The summed E-state index contributed by atoms with van der Waals surface area (Å²) in [6.07, 6.45) is 3.84. The standard InChI is InChI=1S/C15H17F2N5O3/c16-14(17)25-11-5-3-10(4-6-11)20-13-12(22(23)24)8-19-15(18,21-13)7-9-1-2-9/h3-6,8-9,14,20-21H,1-2,7,18H2. The monoisotopic (exact) mass is 353 g/mol. The third kappa shape index (κ3) is 4.41. The molecule has 1 fully saturated rings. The first-order chi connectivity index (χ1) is 11.8. The second-order valence-corrected chi connectivity index (χ2v) is 6.00. The number of anilines is 1. The maximum absolute atomic E-state index is 12.2. The van der Waals surface area contributed by atoms with Gasteiger partial charge in [0, 0.05) is 12.1 Å². The van der Waals surface area contributed by atoms with Gasteiger partial charge in [-0.3, -0.25) is 15.8 Å². The van der Waals surface area contributed by atoms with Crippen LogP contribution in [0.2, 0.25) is 0 Å². The van der Waals surface area contributed by atoms with Crippen molar-refractivity contribution >= 4 is 11.9 Å². The van der Waals surface area contributed by atoms with Gasteiger partial charge < -0.3 is 15.4 Å². The summed E-state index contributed by atoms with van der Waals surface area (Å²) in [4.78, 5) is 14.7. The summed E-state index contributed by atoms with van der Waals surface area (Å²) < 4.78 is 28.6. The largest absolute Gasteiger partial charge is 0.435 e. The molecule has 1 atom stereocenters. The molecule has 1 unspecified atom stereocenters. The predicted octanol–water partition coefficient (Wildman–Crippen LogP) is 2.23. The maximum Gasteiger partial charge on any atom is 0.387 e. The van der Waals surface area contributed by atoms with E-state index in [1.165, 1.54) is 24.3 Å². The minimum absolute atomic E-state index is 0.0101. The van der Waals surface area contributed by atoms with Crippen LogP contribution in [0, 0.1) is 16.0 Å². The van der Waals surface area contributed by atoms with Crippen LogP contribution in [0.1, 0.15) is 19.3 Å². The fourth-order valence-corrected chi connectivity index (χ4v) is 2.52. The van der Waals surface area contributed by atoms with E-state index in [9.17, 15) is 18.9 Å². The first-order valence-electron chi connectivity index (χ1n) is 7.67. The Morgan fingerprint density at radius 2 is 2.12 bits per heavy atom. The van der Waals surface area contributed by atoms with Crippen LogP contribution in [0.25, 0.3) is 0 Å². The van der Waals surface area contributed by atoms with Crippen molar-refractivity contribution in [3.8, 4) is 5.75 Å². The number of alkyl halides is 2. The Labute approximate surface area is 141 Å². The first kappa shape index (κ1) is 17.1. The summed E-state index contributed by atoms with van der Waals surface area (Å²) in [5.74, 6) is -0.560. The minimum atomic E-state index is -2.92. The number of hydrogen-bond acceptors (Lipinski definition) is 7. The third-order valence-corrected chi connectivity index (χ3v) is 3.86. The topological polar surface area (TPSA) is 115 Å². The van der Waals surface area contributed by atoms with E-state index >= 15 is 0 Å². The van der Waals surface area contributed by atoms with Gasteiger partial charge in [-0.25, -0.2) is 4.99 Å². The van der Waals surface area contributed by atoms with Crippen LogP contribution in [0.5, 0.6) is 5.75 Å². The molecule has 1 saturated carbocycles. The fraction of sp³-hybridized carbons (Fsp3) is 0.400. The number of aliphatic imine (C=N–C) groups is 1. The predicted molar refractivity (Wildman–Crippen MR) is 86.6 cm³/mol. The molecule has 1 heterocycles. The average Bonchev–Trinajstić information content (AvgIpc) is 3.32. The highest BCUT2D eigenvalue weighted by Crippen LogP contribution is 2.36. The summed E-state index contributed by atoms with van der Waals surface area (Å²) in [6.45, 7) is -2.92. The Morgan fingerprint density at radius 3 is 2.68 bits per heavy atom. The van der Waals surface area contributed by atoms with Crippen LogP contribution in [0.15, 0.2) is 40.8 Å². The molecule has 0 radical (unpaired) electrons. The van der Waals surface area contributed by atoms with E-state index in [1.807, 2.05) is 0 Å². The van der Waals surface area contributed by atoms with E-state index in [0.29, 0.717) is 18.0 Å². The van der Waals surface area contributed by atoms with Gasteiger partial charge in [-0.2, -0.15) is 8.78 Å². The average molecular weight is 353 g/mol. The second-order valence-electron chi connectivity index (χ2n) is 6.00. The van der Waals surface area contributed by atoms with Gasteiger partial charge >= 0.3 is 12.3 Å². The van der Waals surface area contributed by atoms with Crippen LogP contribution >= 0.6 is 0 Å². The molecule has 1 aliphatic carbocycles. The fourth-order valence-electron chi connectivity index (χ4n) is 2.52. The zero-order chi connectivity index (χ0) is 18.0. The minimum Gasteiger partial charge on any atom is -0.435 e. The van der Waals surface area contributed by atoms with Crippen molar-refractivity contribution in [2.75, 3.05) is 5.32 Å². The summed E-state index contributed by atoms with van der Waals surface area (Å²) in [6, 6.07) is 5.60. The van der Waals surface area contributed by atoms with Crippen molar-refractivity contribution in [1.82, 2.24) is 5.32 Å². The quantitative estimate of drug-likeness (QED) is 0.511. The number of nitrogens with one attached hydrogen (secondary N) is 2. The Bertz CT molecular complexity index is 718. The Morgan fingerprint density at radius 1 is 1.44 bits per heavy atom. The molecule has 25 heavy (non-hydrogen) atoms.